The largest absolute Gasteiger partial charge is 0.330 e. The third-order valence-electron chi connectivity index (χ3n) is 3.27. The molecule has 0 spiro atoms. The first-order valence-electron chi connectivity index (χ1n) is 6.55. The van der Waals surface area contributed by atoms with Crippen LogP contribution in [0, 0.1) is 0 Å². The van der Waals surface area contributed by atoms with Crippen LogP contribution in [-0.2, 0) is 0 Å². The SMILES string of the molecule is CCC(c1cccs1)n1c(=O)[nH]c(Cl)c(C(C)C)c1=O. The van der Waals surface area contributed by atoms with E-state index in [2.05, 4.69) is 4.98 Å². The van der Waals surface area contributed by atoms with E-state index in [1.807, 2.05) is 38.3 Å². The summed E-state index contributed by atoms with van der Waals surface area (Å²) in [7, 11) is 0. The van der Waals surface area contributed by atoms with E-state index in [9.17, 15) is 9.59 Å². The van der Waals surface area contributed by atoms with Gasteiger partial charge in [-0.1, -0.05) is 38.4 Å². The van der Waals surface area contributed by atoms with Crippen molar-refractivity contribution in [1.82, 2.24) is 9.55 Å². The molecule has 2 aromatic rings. The zero-order chi connectivity index (χ0) is 14.9. The highest BCUT2D eigenvalue weighted by molar-refractivity contribution is 7.10. The first-order valence-corrected chi connectivity index (χ1v) is 7.80. The molecular formula is C14H17ClN2O2S. The molecule has 20 heavy (non-hydrogen) atoms. The summed E-state index contributed by atoms with van der Waals surface area (Å²) in [6, 6.07) is 3.61. The van der Waals surface area contributed by atoms with Crippen LogP contribution in [-0.4, -0.2) is 9.55 Å². The van der Waals surface area contributed by atoms with Crippen LogP contribution in [0.3, 0.4) is 0 Å². The summed E-state index contributed by atoms with van der Waals surface area (Å²) in [5.74, 6) is -0.0426. The Hall–Kier alpha value is -1.33. The van der Waals surface area contributed by atoms with E-state index in [0.29, 0.717) is 12.0 Å². The fourth-order valence-electron chi connectivity index (χ4n) is 2.31. The highest BCUT2D eigenvalue weighted by Gasteiger charge is 2.22. The molecule has 2 aromatic heterocycles. The molecule has 2 rings (SSSR count). The van der Waals surface area contributed by atoms with Gasteiger partial charge in [-0.25, -0.2) is 4.79 Å². The molecule has 0 radical (unpaired) electrons. The van der Waals surface area contributed by atoms with Gasteiger partial charge in [0.2, 0.25) is 0 Å². The molecule has 4 nitrogen and oxygen atoms in total. The monoisotopic (exact) mass is 312 g/mol. The fourth-order valence-corrected chi connectivity index (χ4v) is 3.59. The Balaban J connectivity index is 2.71. The fraction of sp³-hybridized carbons (Fsp3) is 0.429. The van der Waals surface area contributed by atoms with Crippen molar-refractivity contribution in [2.24, 2.45) is 0 Å². The number of nitrogens with one attached hydrogen (secondary N) is 1. The van der Waals surface area contributed by atoms with E-state index in [4.69, 9.17) is 11.6 Å². The predicted molar refractivity (Wildman–Crippen MR) is 83.2 cm³/mol. The molecule has 6 heteroatoms. The Kier molecular flexibility index (Phi) is 4.50. The van der Waals surface area contributed by atoms with Crippen LogP contribution in [0.2, 0.25) is 5.15 Å². The average molecular weight is 313 g/mol. The number of hydrogen-bond acceptors (Lipinski definition) is 3. The van der Waals surface area contributed by atoms with Crippen molar-refractivity contribution < 1.29 is 0 Å². The molecule has 0 aliphatic rings. The lowest BCUT2D eigenvalue weighted by atomic mass is 10.1. The smallest absolute Gasteiger partial charge is 0.297 e. The maximum absolute atomic E-state index is 12.6. The van der Waals surface area contributed by atoms with Gasteiger partial charge in [-0.05, 0) is 23.8 Å². The van der Waals surface area contributed by atoms with Gasteiger partial charge in [-0.3, -0.25) is 14.3 Å². The molecule has 0 aliphatic heterocycles. The summed E-state index contributed by atoms with van der Waals surface area (Å²) in [4.78, 5) is 28.4. The maximum atomic E-state index is 12.6. The predicted octanol–water partition coefficient (Wildman–Crippen LogP) is 3.37. The number of aromatic amines is 1. The van der Waals surface area contributed by atoms with Crippen LogP contribution >= 0.6 is 22.9 Å². The van der Waals surface area contributed by atoms with E-state index in [-0.39, 0.29) is 22.7 Å². The van der Waals surface area contributed by atoms with Gasteiger partial charge in [-0.15, -0.1) is 11.3 Å². The topological polar surface area (TPSA) is 54.9 Å². The minimum absolute atomic E-state index is 0.0426. The van der Waals surface area contributed by atoms with Gasteiger partial charge in [0.15, 0.2) is 0 Å². The highest BCUT2D eigenvalue weighted by Crippen LogP contribution is 2.25. The van der Waals surface area contributed by atoms with Gasteiger partial charge in [0.05, 0.1) is 11.6 Å². The van der Waals surface area contributed by atoms with E-state index < -0.39 is 5.69 Å². The van der Waals surface area contributed by atoms with Crippen molar-refractivity contribution in [2.75, 3.05) is 0 Å². The Bertz CT molecular complexity index is 701. The molecule has 0 amide bonds. The summed E-state index contributed by atoms with van der Waals surface area (Å²) in [5, 5.41) is 2.09. The minimum Gasteiger partial charge on any atom is -0.297 e. The van der Waals surface area contributed by atoms with Gasteiger partial charge in [0.1, 0.15) is 5.15 Å². The highest BCUT2D eigenvalue weighted by atomic mass is 35.5. The molecule has 2 heterocycles. The molecule has 1 N–H and O–H groups in total. The number of rotatable bonds is 4. The second-order valence-electron chi connectivity index (χ2n) is 4.93. The Morgan fingerprint density at radius 2 is 2.10 bits per heavy atom. The van der Waals surface area contributed by atoms with E-state index in [1.54, 1.807) is 11.3 Å². The first kappa shape index (κ1) is 15.1. The number of hydrogen-bond donors (Lipinski definition) is 1. The molecule has 108 valence electrons. The minimum atomic E-state index is -0.454. The molecule has 1 atom stereocenters. The summed E-state index contributed by atoms with van der Waals surface area (Å²) < 4.78 is 1.28. The lowest BCUT2D eigenvalue weighted by molar-refractivity contribution is 0.521. The summed E-state index contributed by atoms with van der Waals surface area (Å²) in [5.41, 5.74) is -0.292. The molecular weight excluding hydrogens is 296 g/mol. The zero-order valence-corrected chi connectivity index (χ0v) is 13.2. The molecule has 0 saturated carbocycles. The van der Waals surface area contributed by atoms with Crippen molar-refractivity contribution in [1.29, 1.82) is 0 Å². The van der Waals surface area contributed by atoms with E-state index in [1.165, 1.54) is 4.57 Å². The van der Waals surface area contributed by atoms with Gasteiger partial charge < -0.3 is 0 Å². The van der Waals surface area contributed by atoms with Crippen LogP contribution in [0.5, 0.6) is 0 Å². The van der Waals surface area contributed by atoms with Gasteiger partial charge >= 0.3 is 5.69 Å². The summed E-state index contributed by atoms with van der Waals surface area (Å²) in [6.07, 6.45) is 0.669. The van der Waals surface area contributed by atoms with Crippen molar-refractivity contribution in [2.45, 2.75) is 39.2 Å². The average Bonchev–Trinajstić information content (AvgIpc) is 2.86. The van der Waals surface area contributed by atoms with Crippen molar-refractivity contribution in [3.8, 4) is 0 Å². The van der Waals surface area contributed by atoms with Crippen molar-refractivity contribution in [3.63, 3.8) is 0 Å². The van der Waals surface area contributed by atoms with E-state index >= 15 is 0 Å². The number of thiophene rings is 1. The standard InChI is InChI=1S/C14H17ClN2O2S/c1-4-9(10-6-5-7-20-10)17-13(18)11(8(2)3)12(15)16-14(17)19/h5-9H,4H2,1-3H3,(H,16,19). The second kappa shape index (κ2) is 5.97. The lowest BCUT2D eigenvalue weighted by Crippen LogP contribution is -2.40. The maximum Gasteiger partial charge on any atom is 0.330 e. The lowest BCUT2D eigenvalue weighted by Gasteiger charge is -2.18. The molecule has 0 aromatic carbocycles. The van der Waals surface area contributed by atoms with E-state index in [0.717, 1.165) is 4.88 Å². The Labute approximate surface area is 126 Å². The molecule has 0 bridgehead atoms. The third-order valence-corrected chi connectivity index (χ3v) is 4.54. The number of H-pyrrole nitrogens is 1. The van der Waals surface area contributed by atoms with Crippen LogP contribution in [0.15, 0.2) is 27.1 Å². The first-order chi connectivity index (χ1) is 9.47. The molecule has 1 unspecified atom stereocenters. The van der Waals surface area contributed by atoms with Crippen molar-refractivity contribution >= 4 is 22.9 Å². The summed E-state index contributed by atoms with van der Waals surface area (Å²) in [6.45, 7) is 5.73. The number of nitrogens with zero attached hydrogens (tertiary/aromatic N) is 1. The number of aromatic nitrogens is 2. The quantitative estimate of drug-likeness (QED) is 0.880. The van der Waals surface area contributed by atoms with Gasteiger partial charge in [0.25, 0.3) is 5.56 Å². The zero-order valence-electron chi connectivity index (χ0n) is 11.6. The number of halogens is 1. The summed E-state index contributed by atoms with van der Waals surface area (Å²) >= 11 is 7.55. The van der Waals surface area contributed by atoms with Crippen LogP contribution in [0.1, 0.15) is 49.6 Å². The normalized spacial score (nSPS) is 12.8. The molecule has 0 saturated heterocycles. The molecule has 0 aliphatic carbocycles. The Morgan fingerprint density at radius 1 is 1.40 bits per heavy atom. The van der Waals surface area contributed by atoms with Crippen molar-refractivity contribution in [3.05, 3.63) is 53.9 Å². The Morgan fingerprint density at radius 3 is 2.60 bits per heavy atom. The molecule has 0 fully saturated rings. The van der Waals surface area contributed by atoms with Gasteiger partial charge in [-0.2, -0.15) is 0 Å². The van der Waals surface area contributed by atoms with Gasteiger partial charge in [0, 0.05) is 4.88 Å². The third kappa shape index (κ3) is 2.60. The van der Waals surface area contributed by atoms with Crippen LogP contribution in [0.4, 0.5) is 0 Å². The second-order valence-corrected chi connectivity index (χ2v) is 6.28. The van der Waals surface area contributed by atoms with Crippen LogP contribution < -0.4 is 11.2 Å². The van der Waals surface area contributed by atoms with Crippen LogP contribution in [0.25, 0.3) is 0 Å².